The molecule has 0 radical (unpaired) electrons. The summed E-state index contributed by atoms with van der Waals surface area (Å²) in [6.45, 7) is 8.80. The van der Waals surface area contributed by atoms with Crippen molar-refractivity contribution >= 4 is 12.9 Å². The fraction of sp³-hybridized carbons (Fsp3) is 0.667. The lowest BCUT2D eigenvalue weighted by Gasteiger charge is -2.09. The summed E-state index contributed by atoms with van der Waals surface area (Å²) in [5.74, 6) is -2.30. The Morgan fingerprint density at radius 3 is 2.50 bits per heavy atom. The first-order valence-corrected chi connectivity index (χ1v) is 5.42. The molecule has 4 heteroatoms. The topological polar surface area (TPSA) is 24.7 Å². The number of alkyl halides is 2. The van der Waals surface area contributed by atoms with E-state index in [0.717, 1.165) is 26.0 Å². The van der Waals surface area contributed by atoms with Crippen molar-refractivity contribution < 1.29 is 8.78 Å². The van der Waals surface area contributed by atoms with Gasteiger partial charge in [0, 0.05) is 25.9 Å². The van der Waals surface area contributed by atoms with E-state index >= 15 is 0 Å². The number of halogens is 2. The quantitative estimate of drug-likeness (QED) is 0.470. The maximum Gasteiger partial charge on any atom is 0.273 e. The van der Waals surface area contributed by atoms with Crippen LogP contribution < -0.4 is 0 Å². The Morgan fingerprint density at radius 1 is 1.44 bits per heavy atom. The van der Waals surface area contributed by atoms with E-state index in [2.05, 4.69) is 30.5 Å². The SMILES string of the molecule is C=N/C=C(\C=N/CCCC(C)C)C(C)(F)F. The van der Waals surface area contributed by atoms with Crippen LogP contribution in [0.3, 0.4) is 0 Å². The summed E-state index contributed by atoms with van der Waals surface area (Å²) in [4.78, 5) is 7.31. The average molecular weight is 230 g/mol. The van der Waals surface area contributed by atoms with Crippen LogP contribution in [0.4, 0.5) is 8.78 Å². The molecule has 92 valence electrons. The lowest BCUT2D eigenvalue weighted by atomic mass is 10.1. The number of rotatable bonds is 7. The number of hydrogen-bond donors (Lipinski definition) is 0. The van der Waals surface area contributed by atoms with Crippen molar-refractivity contribution in [1.82, 2.24) is 0 Å². The number of allylic oxidation sites excluding steroid dienone is 1. The molecule has 0 fully saturated rings. The summed E-state index contributed by atoms with van der Waals surface area (Å²) in [7, 11) is 0. The predicted molar refractivity (Wildman–Crippen MR) is 65.7 cm³/mol. The molecule has 0 aliphatic rings. The Kier molecular flexibility index (Phi) is 6.77. The van der Waals surface area contributed by atoms with Gasteiger partial charge in [-0.25, -0.2) is 8.78 Å². The maximum atomic E-state index is 13.0. The van der Waals surface area contributed by atoms with Crippen LogP contribution in [0.15, 0.2) is 21.8 Å². The molecule has 0 saturated carbocycles. The minimum absolute atomic E-state index is 0.202. The Balaban J connectivity index is 4.17. The van der Waals surface area contributed by atoms with Crippen LogP contribution in [-0.2, 0) is 0 Å². The van der Waals surface area contributed by atoms with Gasteiger partial charge < -0.3 is 0 Å². The molecule has 0 heterocycles. The van der Waals surface area contributed by atoms with Crippen LogP contribution in [0.5, 0.6) is 0 Å². The van der Waals surface area contributed by atoms with Gasteiger partial charge in [0.25, 0.3) is 5.92 Å². The molecule has 0 aliphatic heterocycles. The molecule has 0 spiro atoms. The zero-order chi connectivity index (χ0) is 12.6. The van der Waals surface area contributed by atoms with E-state index in [1.54, 1.807) is 0 Å². The lowest BCUT2D eigenvalue weighted by Crippen LogP contribution is -2.14. The van der Waals surface area contributed by atoms with Crippen molar-refractivity contribution in [2.45, 2.75) is 39.5 Å². The van der Waals surface area contributed by atoms with Gasteiger partial charge in [-0.15, -0.1) is 0 Å². The van der Waals surface area contributed by atoms with Crippen molar-refractivity contribution in [2.24, 2.45) is 15.9 Å². The molecule has 16 heavy (non-hydrogen) atoms. The Hall–Kier alpha value is -1.06. The van der Waals surface area contributed by atoms with Crippen molar-refractivity contribution in [3.8, 4) is 0 Å². The second-order valence-corrected chi connectivity index (χ2v) is 4.23. The van der Waals surface area contributed by atoms with Gasteiger partial charge in [0.1, 0.15) is 0 Å². The minimum atomic E-state index is -2.91. The molecule has 0 aromatic heterocycles. The van der Waals surface area contributed by atoms with Crippen molar-refractivity contribution in [3.63, 3.8) is 0 Å². The third-order valence-electron chi connectivity index (χ3n) is 2.04. The molecule has 0 unspecified atom stereocenters. The van der Waals surface area contributed by atoms with Gasteiger partial charge in [-0.1, -0.05) is 13.8 Å². The molecule has 2 nitrogen and oxygen atoms in total. The van der Waals surface area contributed by atoms with E-state index in [1.165, 1.54) is 6.21 Å². The summed E-state index contributed by atoms with van der Waals surface area (Å²) in [6, 6.07) is 0. The van der Waals surface area contributed by atoms with Gasteiger partial charge in [-0.05, 0) is 25.5 Å². The van der Waals surface area contributed by atoms with Gasteiger partial charge in [0.05, 0.1) is 5.57 Å². The van der Waals surface area contributed by atoms with Crippen LogP contribution in [-0.4, -0.2) is 25.4 Å². The summed E-state index contributed by atoms with van der Waals surface area (Å²) in [5.41, 5.74) is -0.202. The third-order valence-corrected chi connectivity index (χ3v) is 2.04. The van der Waals surface area contributed by atoms with E-state index < -0.39 is 5.92 Å². The molecule has 0 aromatic rings. The first-order chi connectivity index (χ1) is 7.38. The molecule has 0 amide bonds. The van der Waals surface area contributed by atoms with Crippen LogP contribution in [0.25, 0.3) is 0 Å². The third kappa shape index (κ3) is 7.26. The van der Waals surface area contributed by atoms with E-state index in [-0.39, 0.29) is 5.57 Å². The van der Waals surface area contributed by atoms with Crippen LogP contribution in [0.1, 0.15) is 33.6 Å². The molecule has 0 aliphatic carbocycles. The fourth-order valence-electron chi connectivity index (χ4n) is 1.11. The number of aliphatic imine (C=N–C) groups is 2. The van der Waals surface area contributed by atoms with Crippen LogP contribution >= 0.6 is 0 Å². The molecule has 0 N–H and O–H groups in total. The monoisotopic (exact) mass is 230 g/mol. The van der Waals surface area contributed by atoms with E-state index in [1.807, 2.05) is 0 Å². The highest BCUT2D eigenvalue weighted by Gasteiger charge is 2.25. The van der Waals surface area contributed by atoms with Crippen molar-refractivity contribution in [3.05, 3.63) is 11.8 Å². The Labute approximate surface area is 96.2 Å². The summed E-state index contributed by atoms with van der Waals surface area (Å²) in [5, 5.41) is 0. The first-order valence-electron chi connectivity index (χ1n) is 5.42. The number of nitrogens with zero attached hydrogens (tertiary/aromatic N) is 2. The second-order valence-electron chi connectivity index (χ2n) is 4.23. The second kappa shape index (κ2) is 7.25. The van der Waals surface area contributed by atoms with Crippen molar-refractivity contribution in [1.29, 1.82) is 0 Å². The summed E-state index contributed by atoms with van der Waals surface area (Å²) >= 11 is 0. The van der Waals surface area contributed by atoms with Gasteiger partial charge in [-0.2, -0.15) is 0 Å². The molecule has 0 atom stereocenters. The largest absolute Gasteiger partial charge is 0.293 e. The summed E-state index contributed by atoms with van der Waals surface area (Å²) < 4.78 is 25.9. The van der Waals surface area contributed by atoms with Gasteiger partial charge in [0.15, 0.2) is 0 Å². The minimum Gasteiger partial charge on any atom is -0.293 e. The standard InChI is InChI=1S/C12H20F2N2/c1-10(2)6-5-7-16-9-11(8-15-4)12(3,13)14/h8-10H,4-7H2,1-3H3/b11-8+,16-9-. The van der Waals surface area contributed by atoms with Crippen LogP contribution in [0.2, 0.25) is 0 Å². The summed E-state index contributed by atoms with van der Waals surface area (Å²) in [6.07, 6.45) is 4.21. The highest BCUT2D eigenvalue weighted by molar-refractivity contribution is 5.80. The highest BCUT2D eigenvalue weighted by atomic mass is 19.3. The number of hydrogen-bond acceptors (Lipinski definition) is 2. The maximum absolute atomic E-state index is 13.0. The Bertz CT molecular complexity index is 263. The highest BCUT2D eigenvalue weighted by Crippen LogP contribution is 2.21. The molecule has 0 aromatic carbocycles. The predicted octanol–water partition coefficient (Wildman–Crippen LogP) is 3.73. The van der Waals surface area contributed by atoms with Gasteiger partial charge in [-0.3, -0.25) is 9.98 Å². The van der Waals surface area contributed by atoms with Crippen LogP contribution in [0, 0.1) is 5.92 Å². The Morgan fingerprint density at radius 2 is 2.06 bits per heavy atom. The first kappa shape index (κ1) is 14.9. The average Bonchev–Trinajstić information content (AvgIpc) is 2.13. The van der Waals surface area contributed by atoms with E-state index in [9.17, 15) is 8.78 Å². The normalized spacial score (nSPS) is 13.8. The van der Waals surface area contributed by atoms with Gasteiger partial charge >= 0.3 is 0 Å². The van der Waals surface area contributed by atoms with Gasteiger partial charge in [0.2, 0.25) is 0 Å². The zero-order valence-corrected chi connectivity index (χ0v) is 10.2. The molecule has 0 saturated heterocycles. The van der Waals surface area contributed by atoms with E-state index in [0.29, 0.717) is 12.5 Å². The lowest BCUT2D eigenvalue weighted by molar-refractivity contribution is 0.0704. The zero-order valence-electron chi connectivity index (χ0n) is 10.2. The fourth-order valence-corrected chi connectivity index (χ4v) is 1.11. The molecule has 0 bridgehead atoms. The molecule has 0 rings (SSSR count). The molecular weight excluding hydrogens is 210 g/mol. The molecular formula is C12H20F2N2. The van der Waals surface area contributed by atoms with Crippen molar-refractivity contribution in [2.75, 3.05) is 6.54 Å². The van der Waals surface area contributed by atoms with E-state index in [4.69, 9.17) is 0 Å². The smallest absolute Gasteiger partial charge is 0.273 e.